The number of rotatable bonds is 12. The Morgan fingerprint density at radius 1 is 0.941 bits per heavy atom. The first-order valence-corrected chi connectivity index (χ1v) is 11.7. The Morgan fingerprint density at radius 2 is 1.68 bits per heavy atom. The lowest BCUT2D eigenvalue weighted by Crippen LogP contribution is -2.06. The molecule has 5 heteroatoms. The molecule has 0 spiro atoms. The summed E-state index contributed by atoms with van der Waals surface area (Å²) in [5.74, 6) is -2.05. The number of halogens is 3. The van der Waals surface area contributed by atoms with Crippen molar-refractivity contribution in [2.45, 2.75) is 51.6 Å². The molecule has 0 aliphatic rings. The van der Waals surface area contributed by atoms with Gasteiger partial charge in [-0.2, -0.15) is 0 Å². The van der Waals surface area contributed by atoms with Crippen LogP contribution < -0.4 is 4.74 Å². The lowest BCUT2D eigenvalue weighted by molar-refractivity contribution is 0.160. The van der Waals surface area contributed by atoms with Crippen LogP contribution in [0.2, 0.25) is 0 Å². The molecule has 34 heavy (non-hydrogen) atoms. The van der Waals surface area contributed by atoms with Crippen LogP contribution >= 0.6 is 0 Å². The van der Waals surface area contributed by atoms with E-state index in [1.165, 1.54) is 12.1 Å². The Morgan fingerprint density at radius 3 is 2.35 bits per heavy atom. The van der Waals surface area contributed by atoms with Gasteiger partial charge in [-0.15, -0.1) is 6.58 Å². The Kier molecular flexibility index (Phi) is 9.34. The Bertz CT molecular complexity index is 1090. The van der Waals surface area contributed by atoms with E-state index in [4.69, 9.17) is 4.74 Å². The quantitative estimate of drug-likeness (QED) is 0.218. The fourth-order valence-electron chi connectivity index (χ4n) is 3.83. The van der Waals surface area contributed by atoms with Crippen LogP contribution in [0.5, 0.6) is 5.75 Å². The maximum Gasteiger partial charge on any atom is 0.165 e. The standard InChI is InChI=1S/C29H31F3O2/c1-3-5-6-18-34-27-17-15-23(19-25(27)30)21-11-8-20(9-12-21)10-13-22-14-16-24(26(33)7-4-2)29(32)28(22)31/h3,8-9,11-12,14-17,19,26,33H,1,4-7,10,13,18H2,2H3. The molecule has 180 valence electrons. The van der Waals surface area contributed by atoms with Gasteiger partial charge in [-0.1, -0.05) is 61.9 Å². The summed E-state index contributed by atoms with van der Waals surface area (Å²) in [7, 11) is 0. The van der Waals surface area contributed by atoms with E-state index in [0.717, 1.165) is 29.5 Å². The topological polar surface area (TPSA) is 29.5 Å². The normalized spacial score (nSPS) is 11.9. The van der Waals surface area contributed by atoms with E-state index < -0.39 is 23.6 Å². The number of hydrogen-bond donors (Lipinski definition) is 1. The van der Waals surface area contributed by atoms with Gasteiger partial charge in [0.25, 0.3) is 0 Å². The van der Waals surface area contributed by atoms with Crippen molar-refractivity contribution in [1.29, 1.82) is 0 Å². The molecular formula is C29H31F3O2. The molecule has 2 nitrogen and oxygen atoms in total. The highest BCUT2D eigenvalue weighted by Crippen LogP contribution is 2.28. The number of aliphatic hydroxyl groups is 1. The minimum Gasteiger partial charge on any atom is -0.491 e. The lowest BCUT2D eigenvalue weighted by atomic mass is 9.97. The zero-order valence-electron chi connectivity index (χ0n) is 19.5. The summed E-state index contributed by atoms with van der Waals surface area (Å²) < 4.78 is 48.8. The fraction of sp³-hybridized carbons (Fsp3) is 0.310. The fourth-order valence-corrected chi connectivity index (χ4v) is 3.83. The third-order valence-corrected chi connectivity index (χ3v) is 5.83. The highest BCUT2D eigenvalue weighted by Gasteiger charge is 2.18. The smallest absolute Gasteiger partial charge is 0.165 e. The first kappa shape index (κ1) is 25.6. The van der Waals surface area contributed by atoms with Gasteiger partial charge in [0.2, 0.25) is 0 Å². The van der Waals surface area contributed by atoms with E-state index >= 15 is 0 Å². The lowest BCUT2D eigenvalue weighted by Gasteiger charge is -2.13. The van der Waals surface area contributed by atoms with Gasteiger partial charge in [0.15, 0.2) is 23.2 Å². The second-order valence-electron chi connectivity index (χ2n) is 8.37. The predicted octanol–water partition coefficient (Wildman–Crippen LogP) is 7.73. The summed E-state index contributed by atoms with van der Waals surface area (Å²) in [6.45, 7) is 5.97. The number of aliphatic hydroxyl groups excluding tert-OH is 1. The minimum absolute atomic E-state index is 0.00728. The molecule has 0 fully saturated rings. The van der Waals surface area contributed by atoms with Gasteiger partial charge < -0.3 is 9.84 Å². The van der Waals surface area contributed by atoms with E-state index in [0.29, 0.717) is 32.3 Å². The molecule has 0 bridgehead atoms. The molecule has 3 aromatic rings. The first-order chi connectivity index (χ1) is 16.4. The van der Waals surface area contributed by atoms with Gasteiger partial charge in [-0.3, -0.25) is 0 Å². The molecule has 0 aliphatic heterocycles. The molecule has 3 rings (SSSR count). The number of ether oxygens (including phenoxy) is 1. The Hall–Kier alpha value is -3.05. The largest absolute Gasteiger partial charge is 0.491 e. The maximum absolute atomic E-state index is 14.5. The first-order valence-electron chi connectivity index (χ1n) is 11.7. The van der Waals surface area contributed by atoms with Crippen molar-refractivity contribution in [3.63, 3.8) is 0 Å². The van der Waals surface area contributed by atoms with Crippen molar-refractivity contribution in [3.8, 4) is 16.9 Å². The average Bonchev–Trinajstić information content (AvgIpc) is 2.84. The van der Waals surface area contributed by atoms with Crippen molar-refractivity contribution in [3.05, 3.63) is 101 Å². The zero-order chi connectivity index (χ0) is 24.5. The summed E-state index contributed by atoms with van der Waals surface area (Å²) >= 11 is 0. The molecule has 1 atom stereocenters. The summed E-state index contributed by atoms with van der Waals surface area (Å²) in [6, 6.07) is 15.5. The van der Waals surface area contributed by atoms with Crippen LogP contribution in [0.25, 0.3) is 11.1 Å². The molecule has 1 unspecified atom stereocenters. The van der Waals surface area contributed by atoms with Gasteiger partial charge >= 0.3 is 0 Å². The molecule has 0 heterocycles. The van der Waals surface area contributed by atoms with Gasteiger partial charge in [-0.05, 0) is 66.5 Å². The molecule has 0 saturated heterocycles. The number of unbranched alkanes of at least 4 members (excludes halogenated alkanes) is 1. The Labute approximate surface area is 199 Å². The van der Waals surface area contributed by atoms with Gasteiger partial charge in [0.1, 0.15) is 0 Å². The summed E-state index contributed by atoms with van der Waals surface area (Å²) in [5, 5.41) is 9.99. The highest BCUT2D eigenvalue weighted by molar-refractivity contribution is 5.64. The van der Waals surface area contributed by atoms with E-state index in [1.54, 1.807) is 18.2 Å². The van der Waals surface area contributed by atoms with Gasteiger partial charge in [0, 0.05) is 5.56 Å². The van der Waals surface area contributed by atoms with Crippen LogP contribution in [-0.4, -0.2) is 11.7 Å². The molecule has 0 radical (unpaired) electrons. The summed E-state index contributed by atoms with van der Waals surface area (Å²) in [5.41, 5.74) is 2.83. The van der Waals surface area contributed by atoms with Crippen LogP contribution in [0.3, 0.4) is 0 Å². The molecule has 0 amide bonds. The predicted molar refractivity (Wildman–Crippen MR) is 130 cm³/mol. The minimum atomic E-state index is -0.996. The van der Waals surface area contributed by atoms with E-state index in [1.807, 2.05) is 37.3 Å². The van der Waals surface area contributed by atoms with Crippen LogP contribution in [0.4, 0.5) is 13.2 Å². The van der Waals surface area contributed by atoms with E-state index in [-0.39, 0.29) is 16.9 Å². The third-order valence-electron chi connectivity index (χ3n) is 5.83. The third kappa shape index (κ3) is 6.51. The molecule has 0 saturated carbocycles. The molecule has 0 aliphatic carbocycles. The molecule has 3 aromatic carbocycles. The van der Waals surface area contributed by atoms with Crippen molar-refractivity contribution in [1.82, 2.24) is 0 Å². The van der Waals surface area contributed by atoms with Crippen molar-refractivity contribution in [2.75, 3.05) is 6.61 Å². The second-order valence-corrected chi connectivity index (χ2v) is 8.37. The Balaban J connectivity index is 1.63. The maximum atomic E-state index is 14.5. The van der Waals surface area contributed by atoms with Crippen LogP contribution in [-0.2, 0) is 12.8 Å². The van der Waals surface area contributed by atoms with Crippen LogP contribution in [0.1, 0.15) is 55.4 Å². The number of aryl methyl sites for hydroxylation is 2. The molecule has 0 aromatic heterocycles. The van der Waals surface area contributed by atoms with Gasteiger partial charge in [0.05, 0.1) is 12.7 Å². The zero-order valence-corrected chi connectivity index (χ0v) is 19.5. The highest BCUT2D eigenvalue weighted by atomic mass is 19.2. The number of hydrogen-bond acceptors (Lipinski definition) is 2. The summed E-state index contributed by atoms with van der Waals surface area (Å²) in [6.07, 6.45) is 4.34. The van der Waals surface area contributed by atoms with Crippen LogP contribution in [0.15, 0.2) is 67.3 Å². The van der Waals surface area contributed by atoms with Crippen molar-refractivity contribution >= 4 is 0 Å². The van der Waals surface area contributed by atoms with Crippen molar-refractivity contribution < 1.29 is 23.0 Å². The monoisotopic (exact) mass is 468 g/mol. The van der Waals surface area contributed by atoms with Gasteiger partial charge in [-0.25, -0.2) is 13.2 Å². The van der Waals surface area contributed by atoms with E-state index in [2.05, 4.69) is 6.58 Å². The average molecular weight is 469 g/mol. The number of allylic oxidation sites excluding steroid dienone is 1. The van der Waals surface area contributed by atoms with Crippen molar-refractivity contribution in [2.24, 2.45) is 0 Å². The summed E-state index contributed by atoms with van der Waals surface area (Å²) in [4.78, 5) is 0. The second kappa shape index (κ2) is 12.4. The SMILES string of the molecule is C=CCCCOc1ccc(-c2ccc(CCc3ccc(C(O)CCC)c(F)c3F)cc2)cc1F. The number of benzene rings is 3. The molecular weight excluding hydrogens is 437 g/mol. The van der Waals surface area contributed by atoms with E-state index in [9.17, 15) is 18.3 Å². The van der Waals surface area contributed by atoms with Crippen LogP contribution in [0, 0.1) is 17.5 Å². The molecule has 1 N–H and O–H groups in total.